The highest BCUT2D eigenvalue weighted by Crippen LogP contribution is 2.34. The fourth-order valence-corrected chi connectivity index (χ4v) is 10.9. The second-order valence-corrected chi connectivity index (χ2v) is 20.8. The summed E-state index contributed by atoms with van der Waals surface area (Å²) in [5.74, 6) is -0.158. The number of nitrogens with zero attached hydrogens (tertiary/aromatic N) is 3. The molecule has 0 spiro atoms. The Morgan fingerprint density at radius 1 is 0.500 bits per heavy atom. The molecule has 0 saturated heterocycles. The van der Waals surface area contributed by atoms with E-state index in [4.69, 9.17) is 28.8 Å². The van der Waals surface area contributed by atoms with Gasteiger partial charge < -0.3 is 30.9 Å². The first kappa shape index (κ1) is 51.5. The Bertz CT molecular complexity index is 3160. The molecule has 0 amide bonds. The number of halogens is 4. The molecule has 6 aromatic carbocycles. The first-order chi connectivity index (χ1) is 32.9. The van der Waals surface area contributed by atoms with Crippen LogP contribution in [-0.4, -0.2) is 45.8 Å². The monoisotopic (exact) mass is 1090 g/mol. The van der Waals surface area contributed by atoms with Crippen LogP contribution in [0, 0.1) is 26.6 Å². The third-order valence-electron chi connectivity index (χ3n) is 12.7. The first-order valence-electron chi connectivity index (χ1n) is 22.8. The van der Waals surface area contributed by atoms with E-state index in [9.17, 15) is 4.39 Å². The molecule has 0 saturated carbocycles. The second kappa shape index (κ2) is 24.0. The zero-order valence-electron chi connectivity index (χ0n) is 39.4. The molecular weight excluding hydrogens is 1040 g/mol. The van der Waals surface area contributed by atoms with Gasteiger partial charge in [0.25, 0.3) is 0 Å². The summed E-state index contributed by atoms with van der Waals surface area (Å²) < 4.78 is 23.2. The van der Waals surface area contributed by atoms with Gasteiger partial charge in [-0.25, -0.2) is 4.39 Å². The van der Waals surface area contributed by atoms with Crippen molar-refractivity contribution in [3.05, 3.63) is 198 Å². The molecule has 6 nitrogen and oxygen atoms in total. The second-order valence-electron chi connectivity index (χ2n) is 16.8. The number of aromatic nitrogens is 3. The molecule has 0 aliphatic heterocycles. The summed E-state index contributed by atoms with van der Waals surface area (Å²) in [6.45, 7) is 10.6. The van der Waals surface area contributed by atoms with Gasteiger partial charge in [-0.05, 0) is 179 Å². The van der Waals surface area contributed by atoms with Crippen LogP contribution in [0.2, 0.25) is 5.02 Å². The summed E-state index contributed by atoms with van der Waals surface area (Å²) in [5.41, 5.74) is 32.0. The molecule has 0 unspecified atom stereocenters. The number of thioether (sulfide) groups is 2. The maximum absolute atomic E-state index is 14.0. The zero-order chi connectivity index (χ0) is 48.5. The predicted octanol–water partition coefficient (Wildman–Crippen LogP) is 14.3. The van der Waals surface area contributed by atoms with E-state index in [1.54, 1.807) is 29.6 Å². The third kappa shape index (κ3) is 11.6. The molecular formula is C56H60Br2ClFN6S2. The summed E-state index contributed by atoms with van der Waals surface area (Å²) in [6.07, 6.45) is 6.84. The van der Waals surface area contributed by atoms with E-state index in [0.29, 0.717) is 31.7 Å². The van der Waals surface area contributed by atoms with Gasteiger partial charge in [0.05, 0.1) is 6.54 Å². The largest absolute Gasteiger partial charge is 0.340 e. The Morgan fingerprint density at radius 2 is 0.912 bits per heavy atom. The molecule has 0 aliphatic carbocycles. The fraction of sp³-hybridized carbons (Fsp3) is 0.250. The molecule has 3 heterocycles. The maximum atomic E-state index is 14.0. The topological polar surface area (TPSA) is 92.8 Å². The highest BCUT2D eigenvalue weighted by molar-refractivity contribution is 9.10. The summed E-state index contributed by atoms with van der Waals surface area (Å²) in [6, 6.07) is 43.2. The van der Waals surface area contributed by atoms with Crippen LogP contribution in [0.1, 0.15) is 50.5 Å². The van der Waals surface area contributed by atoms with Gasteiger partial charge in [0.15, 0.2) is 0 Å². The van der Waals surface area contributed by atoms with Crippen LogP contribution in [0.5, 0.6) is 0 Å². The summed E-state index contributed by atoms with van der Waals surface area (Å²) in [5, 5.41) is 4.65. The van der Waals surface area contributed by atoms with Crippen LogP contribution >= 0.6 is 67.0 Å². The van der Waals surface area contributed by atoms with E-state index in [1.807, 2.05) is 30.3 Å². The normalized spacial score (nSPS) is 11.3. The van der Waals surface area contributed by atoms with E-state index in [1.165, 1.54) is 82.4 Å². The lowest BCUT2D eigenvalue weighted by molar-refractivity contribution is 0.600. The number of hydrogen-bond acceptors (Lipinski definition) is 5. The molecule has 0 radical (unpaired) electrons. The molecule has 12 heteroatoms. The molecule has 0 aliphatic rings. The minimum absolute atomic E-state index is 0.158. The quantitative estimate of drug-likeness (QED) is 0.0944. The lowest BCUT2D eigenvalue weighted by atomic mass is 10.1. The minimum Gasteiger partial charge on any atom is -0.340 e. The predicted molar refractivity (Wildman–Crippen MR) is 299 cm³/mol. The van der Waals surface area contributed by atoms with Crippen molar-refractivity contribution in [2.45, 2.75) is 69.5 Å². The van der Waals surface area contributed by atoms with Crippen LogP contribution in [0.3, 0.4) is 0 Å². The molecule has 3 aromatic heterocycles. The summed E-state index contributed by atoms with van der Waals surface area (Å²) in [4.78, 5) is 2.54. The van der Waals surface area contributed by atoms with Crippen LogP contribution in [0.25, 0.3) is 32.7 Å². The van der Waals surface area contributed by atoms with Crippen LogP contribution in [0.4, 0.5) is 4.39 Å². The third-order valence-corrected chi connectivity index (χ3v) is 15.6. The molecule has 0 fully saturated rings. The average Bonchev–Trinajstić information content (AvgIpc) is 3.86. The van der Waals surface area contributed by atoms with Crippen molar-refractivity contribution in [1.29, 1.82) is 0 Å². The van der Waals surface area contributed by atoms with Gasteiger partial charge in [0.1, 0.15) is 5.82 Å². The number of benzene rings is 6. The van der Waals surface area contributed by atoms with Gasteiger partial charge >= 0.3 is 0 Å². The molecule has 0 bridgehead atoms. The lowest BCUT2D eigenvalue weighted by Crippen LogP contribution is -2.06. The van der Waals surface area contributed by atoms with Crippen LogP contribution in [-0.2, 0) is 38.9 Å². The van der Waals surface area contributed by atoms with Crippen molar-refractivity contribution in [3.63, 3.8) is 0 Å². The van der Waals surface area contributed by atoms with Gasteiger partial charge in [-0.15, -0.1) is 23.5 Å². The van der Waals surface area contributed by atoms with Gasteiger partial charge in [-0.3, -0.25) is 0 Å². The molecule has 9 aromatic rings. The van der Waals surface area contributed by atoms with Gasteiger partial charge in [-0.1, -0.05) is 92.0 Å². The van der Waals surface area contributed by atoms with Crippen molar-refractivity contribution >= 4 is 99.7 Å². The number of rotatable bonds is 14. The van der Waals surface area contributed by atoms with Gasteiger partial charge in [0, 0.05) is 92.2 Å². The van der Waals surface area contributed by atoms with Crippen molar-refractivity contribution in [3.8, 4) is 0 Å². The number of nitrogens with two attached hydrogens (primary N) is 3. The summed E-state index contributed by atoms with van der Waals surface area (Å²) >= 11 is 16.9. The standard InChI is InChI=1S/C19H21BrN2S.C19H21FN2S.C18H18BrClN2/c1-13-17(9-10-21)18-11-16(23-2)7-8-19(18)22(13)12-14-3-5-15(20)6-4-14;1-13-16(9-10-21)17-11-15(23-2)7-8-19(17)22(13)12-14-5-3-4-6-18(14)20;1-12-15(8-9-21)16-10-14(19)6-7-18(16)22(12)11-13-4-2-3-5-17(13)20/h2*3-8,11H,9-10,12,21H2,1-2H3;2-7,10H,8-9,11,21H2,1H3. The smallest absolute Gasteiger partial charge is 0.128 e. The van der Waals surface area contributed by atoms with E-state index in [-0.39, 0.29) is 5.82 Å². The highest BCUT2D eigenvalue weighted by Gasteiger charge is 2.18. The van der Waals surface area contributed by atoms with E-state index in [0.717, 1.165) is 57.4 Å². The van der Waals surface area contributed by atoms with E-state index < -0.39 is 0 Å². The Hall–Kier alpha value is -4.30. The maximum Gasteiger partial charge on any atom is 0.128 e. The van der Waals surface area contributed by atoms with Crippen molar-refractivity contribution < 1.29 is 4.39 Å². The van der Waals surface area contributed by atoms with Crippen molar-refractivity contribution in [2.75, 3.05) is 32.1 Å². The fourth-order valence-electron chi connectivity index (χ4n) is 9.20. The van der Waals surface area contributed by atoms with Crippen molar-refractivity contribution in [1.82, 2.24) is 13.7 Å². The molecule has 0 atom stereocenters. The first-order valence-corrected chi connectivity index (χ1v) is 27.2. The Kier molecular flexibility index (Phi) is 18.2. The Balaban J connectivity index is 0.000000151. The van der Waals surface area contributed by atoms with Crippen LogP contribution in [0.15, 0.2) is 146 Å². The average molecular weight is 1100 g/mol. The Labute approximate surface area is 431 Å². The van der Waals surface area contributed by atoms with E-state index >= 15 is 0 Å². The molecule has 6 N–H and O–H groups in total. The molecule has 68 heavy (non-hydrogen) atoms. The van der Waals surface area contributed by atoms with Crippen molar-refractivity contribution in [2.24, 2.45) is 17.2 Å². The SMILES string of the molecule is CSc1ccc2c(c1)c(CCN)c(C)n2Cc1ccc(Br)cc1.CSc1ccc2c(c1)c(CCN)c(C)n2Cc1ccccc1F.Cc1c(CCN)c2cc(Br)ccc2n1Cc1ccccc1Cl. The number of hydrogen-bond donors (Lipinski definition) is 3. The molecule has 9 rings (SSSR count). The highest BCUT2D eigenvalue weighted by atomic mass is 79.9. The van der Waals surface area contributed by atoms with Gasteiger partial charge in [0.2, 0.25) is 0 Å². The Morgan fingerprint density at radius 3 is 1.38 bits per heavy atom. The zero-order valence-corrected chi connectivity index (χ0v) is 45.0. The van der Waals surface area contributed by atoms with E-state index in [2.05, 4.69) is 164 Å². The lowest BCUT2D eigenvalue weighted by Gasteiger charge is -2.10. The number of fused-ring (bicyclic) bond motifs is 3. The van der Waals surface area contributed by atoms with Crippen LogP contribution < -0.4 is 17.2 Å². The minimum atomic E-state index is -0.158. The summed E-state index contributed by atoms with van der Waals surface area (Å²) in [7, 11) is 0. The van der Waals surface area contributed by atoms with Gasteiger partial charge in [-0.2, -0.15) is 0 Å². The molecule has 354 valence electrons.